The molecule has 3 aromatic rings. The van der Waals surface area contributed by atoms with Gasteiger partial charge in [0.25, 0.3) is 11.5 Å². The second kappa shape index (κ2) is 7.72. The van der Waals surface area contributed by atoms with E-state index in [1.54, 1.807) is 29.1 Å². The van der Waals surface area contributed by atoms with Gasteiger partial charge in [-0.2, -0.15) is 0 Å². The predicted molar refractivity (Wildman–Crippen MR) is 113 cm³/mol. The minimum absolute atomic E-state index is 0.101. The topological polar surface area (TPSA) is 84.7 Å². The molecule has 2 N–H and O–H groups in total. The molecule has 0 spiro atoms. The first-order valence-corrected chi connectivity index (χ1v) is 10.3. The number of rotatable bonds is 6. The Labute approximate surface area is 177 Å². The van der Waals surface area contributed by atoms with Crippen molar-refractivity contribution < 1.29 is 8.78 Å². The maximum absolute atomic E-state index is 13.2. The molecule has 0 amide bonds. The third kappa shape index (κ3) is 4.26. The zero-order valence-corrected chi connectivity index (χ0v) is 16.7. The van der Waals surface area contributed by atoms with Crippen LogP contribution in [0.15, 0.2) is 59.9 Å². The van der Waals surface area contributed by atoms with E-state index in [0.29, 0.717) is 17.2 Å². The molecule has 3 heterocycles. The van der Waals surface area contributed by atoms with Crippen molar-refractivity contribution in [2.45, 2.75) is 49.6 Å². The maximum atomic E-state index is 13.2. The van der Waals surface area contributed by atoms with E-state index in [9.17, 15) is 13.6 Å². The second-order valence-electron chi connectivity index (χ2n) is 8.16. The molecular weight excluding hydrogens is 402 g/mol. The average Bonchev–Trinajstić information content (AvgIpc) is 3.19. The molecule has 3 atom stereocenters. The summed E-state index contributed by atoms with van der Waals surface area (Å²) in [6.45, 7) is 0. The van der Waals surface area contributed by atoms with Crippen LogP contribution in [-0.2, 0) is 0 Å². The van der Waals surface area contributed by atoms with Crippen LogP contribution in [0.2, 0.25) is 0 Å². The van der Waals surface area contributed by atoms with Gasteiger partial charge in [0.05, 0.1) is 17.8 Å². The van der Waals surface area contributed by atoms with Crippen LogP contribution in [0, 0.1) is 0 Å². The highest BCUT2D eigenvalue weighted by molar-refractivity contribution is 5.42. The van der Waals surface area contributed by atoms with Gasteiger partial charge >= 0.3 is 0 Å². The van der Waals surface area contributed by atoms with Crippen molar-refractivity contribution in [1.82, 2.24) is 19.5 Å². The Hall–Kier alpha value is -3.36. The molecule has 2 aliphatic carbocycles. The van der Waals surface area contributed by atoms with Crippen molar-refractivity contribution in [1.29, 1.82) is 0 Å². The van der Waals surface area contributed by atoms with Gasteiger partial charge in [-0.3, -0.25) is 9.36 Å². The van der Waals surface area contributed by atoms with Crippen LogP contribution in [0.25, 0.3) is 5.69 Å². The van der Waals surface area contributed by atoms with Crippen LogP contribution in [0.4, 0.5) is 20.5 Å². The number of hydrogen-bond acceptors (Lipinski definition) is 6. The Balaban J connectivity index is 1.15. The van der Waals surface area contributed by atoms with Crippen LogP contribution in [0.1, 0.15) is 37.2 Å². The van der Waals surface area contributed by atoms with Crippen LogP contribution in [0.5, 0.6) is 0 Å². The molecule has 3 aromatic heterocycles. The molecule has 0 aromatic carbocycles. The van der Waals surface area contributed by atoms with Gasteiger partial charge in [0.1, 0.15) is 5.82 Å². The SMILES string of the molecule is O=c1ccccn1-c1ccc(N[C@H]2CC[C@H](Nc3ncc(C4CC4(F)F)cn3)C2)nc1. The van der Waals surface area contributed by atoms with Gasteiger partial charge in [-0.15, -0.1) is 0 Å². The van der Waals surface area contributed by atoms with Crippen molar-refractivity contribution >= 4 is 11.8 Å². The molecule has 0 saturated heterocycles. The van der Waals surface area contributed by atoms with Crippen molar-refractivity contribution in [3.63, 3.8) is 0 Å². The Kier molecular flexibility index (Phi) is 4.88. The fourth-order valence-corrected chi connectivity index (χ4v) is 4.06. The molecule has 5 rings (SSSR count). The molecule has 7 nitrogen and oxygen atoms in total. The van der Waals surface area contributed by atoms with Crippen LogP contribution >= 0.6 is 0 Å². The van der Waals surface area contributed by atoms with Crippen molar-refractivity contribution in [2.75, 3.05) is 10.6 Å². The van der Waals surface area contributed by atoms with E-state index in [2.05, 4.69) is 25.6 Å². The summed E-state index contributed by atoms with van der Waals surface area (Å²) in [5.41, 5.74) is 1.11. The van der Waals surface area contributed by atoms with E-state index < -0.39 is 11.8 Å². The molecule has 2 saturated carbocycles. The molecule has 9 heteroatoms. The van der Waals surface area contributed by atoms with E-state index in [1.807, 2.05) is 12.1 Å². The zero-order chi connectivity index (χ0) is 21.4. The third-order valence-corrected chi connectivity index (χ3v) is 5.87. The summed E-state index contributed by atoms with van der Waals surface area (Å²) >= 11 is 0. The second-order valence-corrected chi connectivity index (χ2v) is 8.16. The Bertz CT molecular complexity index is 1120. The Morgan fingerprint density at radius 2 is 1.71 bits per heavy atom. The summed E-state index contributed by atoms with van der Waals surface area (Å²) in [4.78, 5) is 24.8. The summed E-state index contributed by atoms with van der Waals surface area (Å²) < 4.78 is 27.9. The molecule has 2 aliphatic rings. The van der Waals surface area contributed by atoms with E-state index in [0.717, 1.165) is 25.1 Å². The first-order valence-electron chi connectivity index (χ1n) is 10.3. The Morgan fingerprint density at radius 3 is 2.35 bits per heavy atom. The first kappa shape index (κ1) is 19.6. The summed E-state index contributed by atoms with van der Waals surface area (Å²) in [5.74, 6) is -2.12. The van der Waals surface area contributed by atoms with Gasteiger partial charge in [0, 0.05) is 43.2 Å². The zero-order valence-electron chi connectivity index (χ0n) is 16.7. The smallest absolute Gasteiger partial charge is 0.256 e. The van der Waals surface area contributed by atoms with Crippen molar-refractivity contribution in [3.8, 4) is 5.69 Å². The van der Waals surface area contributed by atoms with E-state index >= 15 is 0 Å². The fraction of sp³-hybridized carbons (Fsp3) is 0.364. The third-order valence-electron chi connectivity index (χ3n) is 5.87. The quantitative estimate of drug-likeness (QED) is 0.629. The van der Waals surface area contributed by atoms with Gasteiger partial charge in [-0.1, -0.05) is 6.07 Å². The van der Waals surface area contributed by atoms with Crippen LogP contribution in [-0.4, -0.2) is 37.5 Å². The number of hydrogen-bond donors (Lipinski definition) is 2. The number of pyridine rings is 2. The van der Waals surface area contributed by atoms with Gasteiger partial charge in [-0.25, -0.2) is 23.7 Å². The number of aromatic nitrogens is 4. The summed E-state index contributed by atoms with van der Waals surface area (Å²) in [6.07, 6.45) is 9.04. The molecular formula is C22H22F2N6O. The lowest BCUT2D eigenvalue weighted by Crippen LogP contribution is -2.22. The van der Waals surface area contributed by atoms with Gasteiger partial charge in [0.2, 0.25) is 5.95 Å². The number of halogens is 2. The first-order chi connectivity index (χ1) is 15.0. The van der Waals surface area contributed by atoms with Gasteiger partial charge in [-0.05, 0) is 43.0 Å². The normalized spacial score (nSPS) is 24.0. The molecule has 2 fully saturated rings. The van der Waals surface area contributed by atoms with E-state index in [4.69, 9.17) is 0 Å². The summed E-state index contributed by atoms with van der Waals surface area (Å²) in [5, 5.41) is 6.72. The number of nitrogens with zero attached hydrogens (tertiary/aromatic N) is 4. The van der Waals surface area contributed by atoms with Crippen LogP contribution < -0.4 is 16.2 Å². The highest BCUT2D eigenvalue weighted by Gasteiger charge is 2.57. The number of nitrogens with one attached hydrogen (secondary N) is 2. The average molecular weight is 424 g/mol. The molecule has 0 bridgehead atoms. The van der Waals surface area contributed by atoms with E-state index in [1.165, 1.54) is 18.5 Å². The number of alkyl halides is 2. The molecule has 0 radical (unpaired) electrons. The molecule has 0 aliphatic heterocycles. The molecule has 1 unspecified atom stereocenters. The van der Waals surface area contributed by atoms with E-state index in [-0.39, 0.29) is 24.1 Å². The van der Waals surface area contributed by atoms with Crippen LogP contribution in [0.3, 0.4) is 0 Å². The standard InChI is InChI=1S/C22H22F2N6O/c23-22(24)10-18(22)14-11-26-21(27-12-14)29-16-5-4-15(9-16)28-19-7-6-17(13-25-19)30-8-2-1-3-20(30)31/h1-3,6-8,11-13,15-16,18H,4-5,9-10H2,(H,25,28)(H,26,27,29)/t15-,16-,18?/m0/s1. The summed E-state index contributed by atoms with van der Waals surface area (Å²) in [7, 11) is 0. The molecule has 31 heavy (non-hydrogen) atoms. The van der Waals surface area contributed by atoms with Crippen molar-refractivity contribution in [2.24, 2.45) is 0 Å². The summed E-state index contributed by atoms with van der Waals surface area (Å²) in [6, 6.07) is 9.20. The minimum Gasteiger partial charge on any atom is -0.367 e. The largest absolute Gasteiger partial charge is 0.367 e. The fourth-order valence-electron chi connectivity index (χ4n) is 4.06. The van der Waals surface area contributed by atoms with Gasteiger partial charge in [0.15, 0.2) is 0 Å². The molecule has 160 valence electrons. The monoisotopic (exact) mass is 424 g/mol. The van der Waals surface area contributed by atoms with Crippen molar-refractivity contribution in [3.05, 3.63) is 71.0 Å². The highest BCUT2D eigenvalue weighted by atomic mass is 19.3. The lowest BCUT2D eigenvalue weighted by atomic mass is 10.2. The number of anilines is 2. The maximum Gasteiger partial charge on any atom is 0.256 e. The highest BCUT2D eigenvalue weighted by Crippen LogP contribution is 2.55. The Morgan fingerprint density at radius 1 is 0.968 bits per heavy atom. The lowest BCUT2D eigenvalue weighted by Gasteiger charge is -2.15. The predicted octanol–water partition coefficient (Wildman–Crippen LogP) is 3.59. The minimum atomic E-state index is -2.61. The lowest BCUT2D eigenvalue weighted by molar-refractivity contribution is 0.112. The van der Waals surface area contributed by atoms with Gasteiger partial charge < -0.3 is 10.6 Å².